The second-order valence-corrected chi connectivity index (χ2v) is 6.97. The predicted molar refractivity (Wildman–Crippen MR) is 93.5 cm³/mol. The standard InChI is InChI=1S/C18H27FN4O2/c1-2-23(11-17(24)25)14-7-13(8-14)20-9-12-10-21-22-18(12)15-5-3-4-6-16(15)19/h3-6,12-14,18,20-22H,2,7-11H2,1H3,(H,24,25). The summed E-state index contributed by atoms with van der Waals surface area (Å²) in [7, 11) is 0. The summed E-state index contributed by atoms with van der Waals surface area (Å²) >= 11 is 0. The first kappa shape index (κ1) is 18.3. The van der Waals surface area contributed by atoms with Gasteiger partial charge in [-0.25, -0.2) is 9.82 Å². The molecule has 0 amide bonds. The van der Waals surface area contributed by atoms with Crippen molar-refractivity contribution in [3.05, 3.63) is 35.6 Å². The molecule has 1 saturated carbocycles. The van der Waals surface area contributed by atoms with Crippen LogP contribution in [-0.4, -0.2) is 54.2 Å². The van der Waals surface area contributed by atoms with Crippen molar-refractivity contribution in [2.24, 2.45) is 5.92 Å². The van der Waals surface area contributed by atoms with Crippen molar-refractivity contribution in [2.45, 2.75) is 37.9 Å². The van der Waals surface area contributed by atoms with Gasteiger partial charge in [-0.05, 0) is 25.5 Å². The van der Waals surface area contributed by atoms with Crippen molar-refractivity contribution < 1.29 is 14.3 Å². The molecule has 7 heteroatoms. The first-order valence-electron chi connectivity index (χ1n) is 9.00. The van der Waals surface area contributed by atoms with Gasteiger partial charge in [-0.3, -0.25) is 15.1 Å². The first-order chi connectivity index (χ1) is 12.1. The number of nitrogens with one attached hydrogen (secondary N) is 3. The van der Waals surface area contributed by atoms with Gasteiger partial charge in [-0.2, -0.15) is 0 Å². The average Bonchev–Trinajstić information content (AvgIpc) is 3.00. The molecule has 3 rings (SSSR count). The molecule has 1 saturated heterocycles. The molecule has 2 unspecified atom stereocenters. The third kappa shape index (κ3) is 4.36. The van der Waals surface area contributed by atoms with Gasteiger partial charge in [-0.15, -0.1) is 0 Å². The third-order valence-corrected chi connectivity index (χ3v) is 5.38. The van der Waals surface area contributed by atoms with Crippen LogP contribution in [0.4, 0.5) is 4.39 Å². The summed E-state index contributed by atoms with van der Waals surface area (Å²) in [6.07, 6.45) is 1.94. The second-order valence-electron chi connectivity index (χ2n) is 6.97. The molecule has 2 aliphatic rings. The number of carbonyl (C=O) groups is 1. The van der Waals surface area contributed by atoms with Crippen LogP contribution in [0.25, 0.3) is 0 Å². The van der Waals surface area contributed by atoms with Crippen LogP contribution in [0, 0.1) is 11.7 Å². The SMILES string of the molecule is CCN(CC(=O)O)C1CC(NCC2CNNC2c2ccccc2F)C1. The molecule has 1 aromatic rings. The van der Waals surface area contributed by atoms with E-state index in [1.165, 1.54) is 6.07 Å². The number of hydrogen-bond donors (Lipinski definition) is 4. The van der Waals surface area contributed by atoms with E-state index in [2.05, 4.69) is 16.2 Å². The maximum Gasteiger partial charge on any atom is 0.317 e. The molecular weight excluding hydrogens is 323 g/mol. The number of likely N-dealkylation sites (N-methyl/N-ethyl adjacent to an activating group) is 1. The van der Waals surface area contributed by atoms with Crippen LogP contribution in [0.3, 0.4) is 0 Å². The lowest BCUT2D eigenvalue weighted by atomic mass is 9.84. The van der Waals surface area contributed by atoms with E-state index < -0.39 is 5.97 Å². The number of hydrogen-bond acceptors (Lipinski definition) is 5. The summed E-state index contributed by atoms with van der Waals surface area (Å²) in [5.74, 6) is -0.670. The molecule has 2 fully saturated rings. The van der Waals surface area contributed by atoms with Crippen molar-refractivity contribution in [3.8, 4) is 0 Å². The number of benzene rings is 1. The number of halogens is 1. The smallest absolute Gasteiger partial charge is 0.317 e. The molecule has 1 aliphatic carbocycles. The van der Waals surface area contributed by atoms with Crippen LogP contribution in [0.5, 0.6) is 0 Å². The maximum absolute atomic E-state index is 14.0. The van der Waals surface area contributed by atoms with Crippen LogP contribution in [0.1, 0.15) is 31.4 Å². The van der Waals surface area contributed by atoms with Gasteiger partial charge in [0.05, 0.1) is 12.6 Å². The Hall–Kier alpha value is -1.54. The molecule has 138 valence electrons. The fraction of sp³-hybridized carbons (Fsp3) is 0.611. The van der Waals surface area contributed by atoms with E-state index in [-0.39, 0.29) is 24.3 Å². The molecule has 0 aromatic heterocycles. The highest BCUT2D eigenvalue weighted by Gasteiger charge is 2.35. The first-order valence-corrected chi connectivity index (χ1v) is 9.00. The molecule has 1 aromatic carbocycles. The molecule has 4 N–H and O–H groups in total. The van der Waals surface area contributed by atoms with Crippen LogP contribution in [-0.2, 0) is 4.79 Å². The zero-order chi connectivity index (χ0) is 17.8. The zero-order valence-corrected chi connectivity index (χ0v) is 14.5. The molecule has 25 heavy (non-hydrogen) atoms. The van der Waals surface area contributed by atoms with E-state index in [0.717, 1.165) is 32.5 Å². The Labute approximate surface area is 147 Å². The highest BCUT2D eigenvalue weighted by molar-refractivity contribution is 5.69. The van der Waals surface area contributed by atoms with Gasteiger partial charge in [0.1, 0.15) is 5.82 Å². The van der Waals surface area contributed by atoms with Crippen molar-refractivity contribution in [1.82, 2.24) is 21.1 Å². The summed E-state index contributed by atoms with van der Waals surface area (Å²) in [5, 5.41) is 12.5. The molecule has 1 heterocycles. The minimum Gasteiger partial charge on any atom is -0.480 e. The number of hydrazine groups is 1. The molecule has 0 radical (unpaired) electrons. The highest BCUT2D eigenvalue weighted by atomic mass is 19.1. The summed E-state index contributed by atoms with van der Waals surface area (Å²) in [5.41, 5.74) is 7.01. The minimum atomic E-state index is -0.769. The normalized spacial score (nSPS) is 28.9. The number of carboxylic acids is 1. The Kier molecular flexibility index (Phi) is 6.01. The fourth-order valence-corrected chi connectivity index (χ4v) is 3.83. The molecule has 2 atom stereocenters. The molecule has 6 nitrogen and oxygen atoms in total. The van der Waals surface area contributed by atoms with Gasteiger partial charge < -0.3 is 10.4 Å². The summed E-state index contributed by atoms with van der Waals surface area (Å²) < 4.78 is 14.0. The number of aliphatic carboxylic acids is 1. The number of rotatable bonds is 8. The van der Waals surface area contributed by atoms with Gasteiger partial charge in [0.15, 0.2) is 0 Å². The van der Waals surface area contributed by atoms with Gasteiger partial charge in [0, 0.05) is 36.7 Å². The molecule has 1 aliphatic heterocycles. The van der Waals surface area contributed by atoms with Crippen LogP contribution < -0.4 is 16.2 Å². The van der Waals surface area contributed by atoms with Crippen molar-refractivity contribution in [2.75, 3.05) is 26.2 Å². The van der Waals surface area contributed by atoms with E-state index in [1.807, 2.05) is 24.0 Å². The van der Waals surface area contributed by atoms with E-state index in [0.29, 0.717) is 17.6 Å². The van der Waals surface area contributed by atoms with E-state index >= 15 is 0 Å². The van der Waals surface area contributed by atoms with Crippen LogP contribution in [0.2, 0.25) is 0 Å². The number of nitrogens with zero attached hydrogens (tertiary/aromatic N) is 1. The lowest BCUT2D eigenvalue weighted by molar-refractivity contribution is -0.139. The Bertz CT molecular complexity index is 594. The summed E-state index contributed by atoms with van der Waals surface area (Å²) in [6, 6.07) is 7.62. The van der Waals surface area contributed by atoms with Crippen LogP contribution >= 0.6 is 0 Å². The molecule has 0 spiro atoms. The Morgan fingerprint density at radius 1 is 1.40 bits per heavy atom. The highest BCUT2D eigenvalue weighted by Crippen LogP contribution is 2.29. The zero-order valence-electron chi connectivity index (χ0n) is 14.5. The predicted octanol–water partition coefficient (Wildman–Crippen LogP) is 1.12. The van der Waals surface area contributed by atoms with Crippen LogP contribution in [0.15, 0.2) is 24.3 Å². The van der Waals surface area contributed by atoms with Crippen molar-refractivity contribution in [3.63, 3.8) is 0 Å². The Morgan fingerprint density at radius 3 is 2.84 bits per heavy atom. The quantitative estimate of drug-likeness (QED) is 0.563. The second kappa shape index (κ2) is 8.23. The summed E-state index contributed by atoms with van der Waals surface area (Å²) in [6.45, 7) is 4.47. The average molecular weight is 350 g/mol. The fourth-order valence-electron chi connectivity index (χ4n) is 3.83. The van der Waals surface area contributed by atoms with Gasteiger partial charge in [0.25, 0.3) is 0 Å². The lowest BCUT2D eigenvalue weighted by Gasteiger charge is -2.43. The van der Waals surface area contributed by atoms with Gasteiger partial charge in [0.2, 0.25) is 0 Å². The Morgan fingerprint density at radius 2 is 2.16 bits per heavy atom. The molecular formula is C18H27FN4O2. The van der Waals surface area contributed by atoms with Crippen molar-refractivity contribution in [1.29, 1.82) is 0 Å². The largest absolute Gasteiger partial charge is 0.480 e. The lowest BCUT2D eigenvalue weighted by Crippen LogP contribution is -2.54. The van der Waals surface area contributed by atoms with E-state index in [1.54, 1.807) is 6.07 Å². The van der Waals surface area contributed by atoms with E-state index in [4.69, 9.17) is 5.11 Å². The number of carboxylic acid groups (broad SMARTS) is 1. The van der Waals surface area contributed by atoms with Gasteiger partial charge >= 0.3 is 5.97 Å². The summed E-state index contributed by atoms with van der Waals surface area (Å²) in [4.78, 5) is 12.9. The maximum atomic E-state index is 14.0. The van der Waals surface area contributed by atoms with Gasteiger partial charge in [-0.1, -0.05) is 25.1 Å². The minimum absolute atomic E-state index is 0.0382. The van der Waals surface area contributed by atoms with Crippen molar-refractivity contribution >= 4 is 5.97 Å². The molecule has 0 bridgehead atoms. The Balaban J connectivity index is 1.47. The van der Waals surface area contributed by atoms with E-state index in [9.17, 15) is 9.18 Å². The third-order valence-electron chi connectivity index (χ3n) is 5.38. The monoisotopic (exact) mass is 350 g/mol. The topological polar surface area (TPSA) is 76.6 Å².